The van der Waals surface area contributed by atoms with Gasteiger partial charge in [-0.3, -0.25) is 24.5 Å². The summed E-state index contributed by atoms with van der Waals surface area (Å²) >= 11 is 0. The summed E-state index contributed by atoms with van der Waals surface area (Å²) < 4.78 is 6.78. The van der Waals surface area contributed by atoms with E-state index in [1.807, 2.05) is 35.2 Å². The number of ether oxygens (including phenoxy) is 1. The lowest BCUT2D eigenvalue weighted by molar-refractivity contribution is -0.138. The number of imidazole rings is 1. The van der Waals surface area contributed by atoms with Crippen molar-refractivity contribution in [3.05, 3.63) is 48.5 Å². The van der Waals surface area contributed by atoms with Gasteiger partial charge in [-0.25, -0.2) is 19.7 Å². The van der Waals surface area contributed by atoms with E-state index >= 15 is 0 Å². The Morgan fingerprint density at radius 2 is 1.93 bits per heavy atom. The second kappa shape index (κ2) is 12.4. The standard InChI is InChI=1S/C26H31N9O5/c36-20(37)13-19(32-26(39)40-14-17-5-2-1-3-6-17)35-16-31-21-22(29-15-30-23(21)35)34-11-7-18(8-12-34)24(38)33-25-27-9-4-10-28-25/h1-3,5-6,15-16,18-19H,4,7-14H2,(H,32,39)(H,36,37)(H2,27,28,33,38). The highest BCUT2D eigenvalue weighted by Gasteiger charge is 2.29. The van der Waals surface area contributed by atoms with Crippen molar-refractivity contribution in [2.75, 3.05) is 31.1 Å². The van der Waals surface area contributed by atoms with Crippen molar-refractivity contribution in [2.45, 2.75) is 38.5 Å². The van der Waals surface area contributed by atoms with Crippen molar-refractivity contribution in [3.63, 3.8) is 0 Å². The van der Waals surface area contributed by atoms with Crippen LogP contribution >= 0.6 is 0 Å². The highest BCUT2D eigenvalue weighted by atomic mass is 16.5. The maximum atomic E-state index is 12.7. The van der Waals surface area contributed by atoms with Gasteiger partial charge in [-0.05, 0) is 24.8 Å². The van der Waals surface area contributed by atoms with Crippen LogP contribution in [0, 0.1) is 5.92 Å². The van der Waals surface area contributed by atoms with E-state index in [1.54, 1.807) is 0 Å². The molecular weight excluding hydrogens is 518 g/mol. The molecule has 4 N–H and O–H groups in total. The van der Waals surface area contributed by atoms with Gasteiger partial charge < -0.3 is 25.4 Å². The first-order valence-corrected chi connectivity index (χ1v) is 13.2. The minimum Gasteiger partial charge on any atom is -0.481 e. The van der Waals surface area contributed by atoms with Gasteiger partial charge in [0.15, 0.2) is 22.9 Å². The topological polar surface area (TPSA) is 176 Å². The van der Waals surface area contributed by atoms with E-state index in [1.165, 1.54) is 17.2 Å². The predicted molar refractivity (Wildman–Crippen MR) is 144 cm³/mol. The number of guanidine groups is 1. The van der Waals surface area contributed by atoms with E-state index in [-0.39, 0.29) is 18.4 Å². The number of nitrogens with one attached hydrogen (secondary N) is 3. The fourth-order valence-corrected chi connectivity index (χ4v) is 4.77. The van der Waals surface area contributed by atoms with Crippen LogP contribution in [0.2, 0.25) is 0 Å². The van der Waals surface area contributed by atoms with E-state index in [0.29, 0.717) is 55.4 Å². The quantitative estimate of drug-likeness (QED) is 0.321. The minimum atomic E-state index is -1.11. The molecule has 0 aliphatic carbocycles. The summed E-state index contributed by atoms with van der Waals surface area (Å²) in [5.41, 5.74) is 1.65. The first-order valence-electron chi connectivity index (χ1n) is 13.2. The molecule has 14 nitrogen and oxygen atoms in total. The Kier molecular flexibility index (Phi) is 8.32. The molecule has 1 fully saturated rings. The molecule has 1 aromatic carbocycles. The number of hydrogen-bond acceptors (Lipinski definition) is 10. The van der Waals surface area contributed by atoms with Gasteiger partial charge in [0.2, 0.25) is 5.91 Å². The molecule has 210 valence electrons. The van der Waals surface area contributed by atoms with Gasteiger partial charge in [0.1, 0.15) is 19.1 Å². The molecule has 0 saturated carbocycles. The zero-order valence-electron chi connectivity index (χ0n) is 21.8. The molecule has 0 bridgehead atoms. The summed E-state index contributed by atoms with van der Waals surface area (Å²) in [6.07, 6.45) is 2.86. The summed E-state index contributed by atoms with van der Waals surface area (Å²) in [4.78, 5) is 56.4. The van der Waals surface area contributed by atoms with Gasteiger partial charge in [-0.15, -0.1) is 0 Å². The molecular formula is C26H31N9O5. The third kappa shape index (κ3) is 6.45. The van der Waals surface area contributed by atoms with Crippen LogP contribution in [-0.2, 0) is 20.9 Å². The first-order chi connectivity index (χ1) is 19.5. The van der Waals surface area contributed by atoms with Crippen LogP contribution in [0.1, 0.15) is 37.4 Å². The fraction of sp³-hybridized carbons (Fsp3) is 0.423. The molecule has 1 saturated heterocycles. The van der Waals surface area contributed by atoms with E-state index in [4.69, 9.17) is 4.74 Å². The number of amides is 2. The van der Waals surface area contributed by atoms with Crippen LogP contribution in [0.5, 0.6) is 0 Å². The summed E-state index contributed by atoms with van der Waals surface area (Å²) in [6, 6.07) is 9.17. The van der Waals surface area contributed by atoms with Gasteiger partial charge >= 0.3 is 12.1 Å². The average Bonchev–Trinajstić information content (AvgIpc) is 3.41. The number of aromatic nitrogens is 4. The smallest absolute Gasteiger partial charge is 0.409 e. The van der Waals surface area contributed by atoms with Gasteiger partial charge in [0.25, 0.3) is 0 Å². The van der Waals surface area contributed by atoms with Crippen molar-refractivity contribution >= 4 is 40.9 Å². The second-order valence-electron chi connectivity index (χ2n) is 9.60. The third-order valence-electron chi connectivity index (χ3n) is 6.84. The number of alkyl carbamates (subject to hydrolysis) is 1. The van der Waals surface area contributed by atoms with Gasteiger partial charge in [-0.1, -0.05) is 30.3 Å². The molecule has 2 aromatic heterocycles. The fourth-order valence-electron chi connectivity index (χ4n) is 4.77. The molecule has 2 amide bonds. The Balaban J connectivity index is 1.26. The van der Waals surface area contributed by atoms with Crippen LogP contribution in [0.15, 0.2) is 48.0 Å². The van der Waals surface area contributed by atoms with Crippen molar-refractivity contribution in [1.82, 2.24) is 35.5 Å². The molecule has 40 heavy (non-hydrogen) atoms. The van der Waals surface area contributed by atoms with Crippen LogP contribution in [-0.4, -0.2) is 74.7 Å². The highest BCUT2D eigenvalue weighted by molar-refractivity contribution is 5.98. The molecule has 0 spiro atoms. The maximum absolute atomic E-state index is 12.7. The summed E-state index contributed by atoms with van der Waals surface area (Å²) in [5.74, 6) is -0.189. The lowest BCUT2D eigenvalue weighted by Crippen LogP contribution is -2.48. The monoisotopic (exact) mass is 549 g/mol. The lowest BCUT2D eigenvalue weighted by Gasteiger charge is -2.32. The third-order valence-corrected chi connectivity index (χ3v) is 6.84. The number of carboxylic acids is 1. The number of anilines is 1. The molecule has 2 aliphatic heterocycles. The van der Waals surface area contributed by atoms with E-state index in [0.717, 1.165) is 18.5 Å². The van der Waals surface area contributed by atoms with Crippen molar-refractivity contribution < 1.29 is 24.2 Å². The number of hydrogen-bond donors (Lipinski definition) is 4. The van der Waals surface area contributed by atoms with E-state index in [9.17, 15) is 19.5 Å². The molecule has 3 aromatic rings. The maximum Gasteiger partial charge on any atom is 0.409 e. The van der Waals surface area contributed by atoms with E-state index < -0.39 is 24.6 Å². The molecule has 1 atom stereocenters. The Morgan fingerprint density at radius 1 is 1.12 bits per heavy atom. The average molecular weight is 550 g/mol. The number of piperidine rings is 1. The Bertz CT molecular complexity index is 1390. The van der Waals surface area contributed by atoms with Crippen LogP contribution in [0.3, 0.4) is 0 Å². The normalized spacial score (nSPS) is 16.5. The molecule has 1 unspecified atom stereocenters. The number of fused-ring (bicyclic) bond motifs is 1. The van der Waals surface area contributed by atoms with Gasteiger partial charge in [-0.2, -0.15) is 0 Å². The Labute approximate surface area is 229 Å². The number of aliphatic imine (C=N–C) groups is 1. The Hall–Kier alpha value is -4.75. The van der Waals surface area contributed by atoms with Crippen LogP contribution < -0.4 is 20.9 Å². The van der Waals surface area contributed by atoms with Crippen molar-refractivity contribution in [2.24, 2.45) is 10.9 Å². The number of benzene rings is 1. The predicted octanol–water partition coefficient (Wildman–Crippen LogP) is 1.41. The summed E-state index contributed by atoms with van der Waals surface area (Å²) in [5, 5.41) is 18.1. The number of aliphatic carboxylic acids is 1. The summed E-state index contributed by atoms with van der Waals surface area (Å²) in [6.45, 7) is 2.71. The van der Waals surface area contributed by atoms with Crippen LogP contribution in [0.25, 0.3) is 11.2 Å². The molecule has 14 heteroatoms. The van der Waals surface area contributed by atoms with Crippen molar-refractivity contribution in [3.8, 4) is 0 Å². The van der Waals surface area contributed by atoms with Gasteiger partial charge in [0.05, 0.1) is 12.7 Å². The molecule has 2 aliphatic rings. The SMILES string of the molecule is O=C(O)CC(NC(=O)OCc1ccccc1)n1cnc2c(N3CCC(C(=O)NC4=NCCCN4)CC3)ncnc21. The highest BCUT2D eigenvalue weighted by Crippen LogP contribution is 2.28. The lowest BCUT2D eigenvalue weighted by atomic mass is 9.96. The van der Waals surface area contributed by atoms with Gasteiger partial charge in [0, 0.05) is 32.1 Å². The zero-order chi connectivity index (χ0) is 27.9. The number of carboxylic acid groups (broad SMARTS) is 1. The number of rotatable bonds is 8. The molecule has 5 rings (SSSR count). The van der Waals surface area contributed by atoms with Crippen molar-refractivity contribution in [1.29, 1.82) is 0 Å². The number of carbonyl (C=O) groups excluding carboxylic acids is 2. The Morgan fingerprint density at radius 3 is 2.65 bits per heavy atom. The minimum absolute atomic E-state index is 0.0437. The number of nitrogens with zero attached hydrogens (tertiary/aromatic N) is 6. The van der Waals surface area contributed by atoms with Crippen LogP contribution in [0.4, 0.5) is 10.6 Å². The summed E-state index contributed by atoms with van der Waals surface area (Å²) in [7, 11) is 0. The zero-order valence-corrected chi connectivity index (χ0v) is 21.8. The molecule has 4 heterocycles. The van der Waals surface area contributed by atoms with E-state index in [2.05, 4.69) is 35.9 Å². The molecule has 0 radical (unpaired) electrons. The number of carbonyl (C=O) groups is 3. The second-order valence-corrected chi connectivity index (χ2v) is 9.60. The first kappa shape index (κ1) is 26.8. The largest absolute Gasteiger partial charge is 0.481 e.